The van der Waals surface area contributed by atoms with Gasteiger partial charge >= 0.3 is 0 Å². The number of nitrogens with zero attached hydrogens (tertiary/aromatic N) is 4. The molecule has 2 unspecified atom stereocenters. The average molecular weight is 567 g/mol. The smallest absolute Gasteiger partial charge is 0.166 e. The van der Waals surface area contributed by atoms with Crippen LogP contribution in [0.4, 0.5) is 10.2 Å². The number of piperidine rings is 1. The van der Waals surface area contributed by atoms with Gasteiger partial charge in [-0.1, -0.05) is 59.6 Å². The summed E-state index contributed by atoms with van der Waals surface area (Å²) in [5.41, 5.74) is 9.43. The third-order valence-corrected chi connectivity index (χ3v) is 7.95. The Bertz CT molecular complexity index is 1450. The van der Waals surface area contributed by atoms with Crippen LogP contribution in [0.5, 0.6) is 5.75 Å². The van der Waals surface area contributed by atoms with Crippen LogP contribution in [0.2, 0.25) is 10.0 Å². The molecule has 0 saturated carbocycles. The summed E-state index contributed by atoms with van der Waals surface area (Å²) in [6, 6.07) is 15.5. The standard InChI is InChI=1S/C30H30Cl2FN5O/c1-3-26(20-7-5-4-6-8-20)37-13-11-23(12-14-37)38-18-22(17-36-38)21-15-27(30(34)35-16-21)39-19(2)28-24(31)9-10-25(33)29(28)32/h3-10,15-19,23,26H,1,11-14H2,2H3,(H2,34,35). The molecule has 1 fully saturated rings. The summed E-state index contributed by atoms with van der Waals surface area (Å²) in [5, 5.41) is 4.90. The molecule has 1 saturated heterocycles. The highest BCUT2D eigenvalue weighted by Gasteiger charge is 2.26. The van der Waals surface area contributed by atoms with Crippen molar-refractivity contribution in [2.45, 2.75) is 38.0 Å². The highest BCUT2D eigenvalue weighted by molar-refractivity contribution is 6.36. The summed E-state index contributed by atoms with van der Waals surface area (Å²) in [6.45, 7) is 7.72. The van der Waals surface area contributed by atoms with E-state index in [2.05, 4.69) is 45.8 Å². The van der Waals surface area contributed by atoms with Crippen LogP contribution in [0.25, 0.3) is 11.1 Å². The van der Waals surface area contributed by atoms with Crippen LogP contribution in [0.3, 0.4) is 0 Å². The van der Waals surface area contributed by atoms with E-state index >= 15 is 0 Å². The predicted octanol–water partition coefficient (Wildman–Crippen LogP) is 7.68. The molecule has 0 bridgehead atoms. The maximum Gasteiger partial charge on any atom is 0.166 e. The Morgan fingerprint density at radius 3 is 2.56 bits per heavy atom. The van der Waals surface area contributed by atoms with Gasteiger partial charge in [-0.05, 0) is 43.5 Å². The Balaban J connectivity index is 1.28. The zero-order valence-electron chi connectivity index (χ0n) is 21.6. The topological polar surface area (TPSA) is 69.2 Å². The Morgan fingerprint density at radius 2 is 1.85 bits per heavy atom. The molecule has 9 heteroatoms. The lowest BCUT2D eigenvalue weighted by Gasteiger charge is -2.36. The molecule has 2 aromatic carbocycles. The molecule has 2 atom stereocenters. The fourth-order valence-corrected chi connectivity index (χ4v) is 5.81. The van der Waals surface area contributed by atoms with Crippen LogP contribution in [-0.4, -0.2) is 32.8 Å². The van der Waals surface area contributed by atoms with E-state index < -0.39 is 11.9 Å². The van der Waals surface area contributed by atoms with Crippen LogP contribution in [0.1, 0.15) is 49.1 Å². The number of aromatic nitrogens is 3. The molecule has 6 nitrogen and oxygen atoms in total. The molecule has 39 heavy (non-hydrogen) atoms. The molecule has 1 aliphatic rings. The zero-order valence-corrected chi connectivity index (χ0v) is 23.1. The van der Waals surface area contributed by atoms with Crippen molar-refractivity contribution in [3.8, 4) is 16.9 Å². The summed E-state index contributed by atoms with van der Waals surface area (Å²) in [4.78, 5) is 6.78. The monoisotopic (exact) mass is 565 g/mol. The Kier molecular flexibility index (Phi) is 8.21. The fourth-order valence-electron chi connectivity index (χ4n) is 5.13. The molecule has 0 aliphatic carbocycles. The van der Waals surface area contributed by atoms with Crippen LogP contribution >= 0.6 is 23.2 Å². The minimum Gasteiger partial charge on any atom is -0.482 e. The van der Waals surface area contributed by atoms with Gasteiger partial charge in [-0.25, -0.2) is 9.37 Å². The molecule has 202 valence electrons. The summed E-state index contributed by atoms with van der Waals surface area (Å²) in [5.74, 6) is 0.00252. The summed E-state index contributed by atoms with van der Waals surface area (Å²) < 4.78 is 22.1. The van der Waals surface area contributed by atoms with Crippen molar-refractivity contribution in [1.29, 1.82) is 0 Å². The largest absolute Gasteiger partial charge is 0.482 e. The maximum atomic E-state index is 14.0. The molecule has 2 N–H and O–H groups in total. The van der Waals surface area contributed by atoms with Crippen molar-refractivity contribution >= 4 is 29.0 Å². The van der Waals surface area contributed by atoms with E-state index in [1.54, 1.807) is 19.2 Å². The normalized spacial score (nSPS) is 16.1. The Morgan fingerprint density at radius 1 is 1.10 bits per heavy atom. The van der Waals surface area contributed by atoms with Crippen molar-refractivity contribution in [3.05, 3.63) is 107 Å². The second kappa shape index (κ2) is 11.8. The number of ether oxygens (including phenoxy) is 1. The molecule has 1 aliphatic heterocycles. The Labute approximate surface area is 237 Å². The first-order chi connectivity index (χ1) is 18.9. The van der Waals surface area contributed by atoms with E-state index in [-0.39, 0.29) is 16.9 Å². The summed E-state index contributed by atoms with van der Waals surface area (Å²) in [7, 11) is 0. The van der Waals surface area contributed by atoms with Gasteiger partial charge in [0.05, 0.1) is 23.3 Å². The van der Waals surface area contributed by atoms with Crippen molar-refractivity contribution in [3.63, 3.8) is 0 Å². The molecule has 2 aromatic heterocycles. The number of hydrogen-bond acceptors (Lipinski definition) is 5. The summed E-state index contributed by atoms with van der Waals surface area (Å²) in [6.07, 6.45) is 8.88. The maximum absolute atomic E-state index is 14.0. The van der Waals surface area contributed by atoms with E-state index in [0.717, 1.165) is 37.1 Å². The Hall–Kier alpha value is -3.39. The number of pyridine rings is 1. The van der Waals surface area contributed by atoms with E-state index in [9.17, 15) is 4.39 Å². The van der Waals surface area contributed by atoms with E-state index in [1.807, 2.05) is 29.2 Å². The van der Waals surface area contributed by atoms with Gasteiger partial charge in [-0.2, -0.15) is 5.10 Å². The number of rotatable bonds is 8. The first-order valence-electron chi connectivity index (χ1n) is 12.9. The lowest BCUT2D eigenvalue weighted by atomic mass is 9.99. The number of benzene rings is 2. The zero-order chi connectivity index (χ0) is 27.5. The summed E-state index contributed by atoms with van der Waals surface area (Å²) >= 11 is 12.4. The number of nitrogen functional groups attached to an aromatic ring is 1. The minimum absolute atomic E-state index is 0.0758. The molecule has 3 heterocycles. The first kappa shape index (κ1) is 27.2. The molecule has 0 radical (unpaired) electrons. The lowest BCUT2D eigenvalue weighted by molar-refractivity contribution is 0.152. The van der Waals surface area contributed by atoms with Crippen molar-refractivity contribution in [1.82, 2.24) is 19.7 Å². The second-order valence-electron chi connectivity index (χ2n) is 9.69. The highest BCUT2D eigenvalue weighted by atomic mass is 35.5. The van der Waals surface area contributed by atoms with E-state index in [4.69, 9.17) is 33.7 Å². The van der Waals surface area contributed by atoms with Gasteiger partial charge in [-0.15, -0.1) is 6.58 Å². The van der Waals surface area contributed by atoms with Crippen molar-refractivity contribution in [2.75, 3.05) is 18.8 Å². The number of halogens is 3. The van der Waals surface area contributed by atoms with E-state index in [0.29, 0.717) is 22.4 Å². The van der Waals surface area contributed by atoms with Crippen LogP contribution < -0.4 is 10.5 Å². The lowest BCUT2D eigenvalue weighted by Crippen LogP contribution is -2.36. The quantitative estimate of drug-likeness (QED) is 0.175. The molecule has 5 rings (SSSR count). The number of nitrogens with two attached hydrogens (primary N) is 1. The van der Waals surface area contributed by atoms with Crippen molar-refractivity contribution < 1.29 is 9.13 Å². The van der Waals surface area contributed by atoms with Gasteiger partial charge in [0.25, 0.3) is 0 Å². The molecule has 4 aromatic rings. The van der Waals surface area contributed by atoms with Gasteiger partial charge < -0.3 is 10.5 Å². The number of hydrogen-bond donors (Lipinski definition) is 1. The molecular formula is C30H30Cl2FN5O. The van der Waals surface area contributed by atoms with Crippen LogP contribution in [-0.2, 0) is 0 Å². The average Bonchev–Trinajstić information content (AvgIpc) is 3.44. The van der Waals surface area contributed by atoms with Crippen LogP contribution in [0, 0.1) is 5.82 Å². The van der Waals surface area contributed by atoms with Gasteiger partial charge in [0.2, 0.25) is 0 Å². The number of anilines is 1. The van der Waals surface area contributed by atoms with E-state index in [1.165, 1.54) is 17.7 Å². The molecule has 0 spiro atoms. The third kappa shape index (κ3) is 5.81. The number of likely N-dealkylation sites (tertiary alicyclic amines) is 1. The predicted molar refractivity (Wildman–Crippen MR) is 155 cm³/mol. The fraction of sp³-hybridized carbons (Fsp3) is 0.267. The van der Waals surface area contributed by atoms with Gasteiger partial charge in [0.15, 0.2) is 11.6 Å². The van der Waals surface area contributed by atoms with Crippen LogP contribution in [0.15, 0.2) is 79.8 Å². The SMILES string of the molecule is C=CC(c1ccccc1)N1CCC(n2cc(-c3cnc(N)c(OC(C)c4c(Cl)ccc(F)c4Cl)c3)cn2)CC1. The molecule has 0 amide bonds. The highest BCUT2D eigenvalue weighted by Crippen LogP contribution is 2.37. The third-order valence-electron chi connectivity index (χ3n) is 7.24. The second-order valence-corrected chi connectivity index (χ2v) is 10.5. The van der Waals surface area contributed by atoms with Crippen molar-refractivity contribution in [2.24, 2.45) is 0 Å². The van der Waals surface area contributed by atoms with Gasteiger partial charge in [0.1, 0.15) is 11.9 Å². The minimum atomic E-state index is -0.650. The van der Waals surface area contributed by atoms with Gasteiger partial charge in [-0.3, -0.25) is 9.58 Å². The first-order valence-corrected chi connectivity index (χ1v) is 13.6. The van der Waals surface area contributed by atoms with Gasteiger partial charge in [0, 0.05) is 47.2 Å². The molecular weight excluding hydrogens is 536 g/mol.